The van der Waals surface area contributed by atoms with Gasteiger partial charge in [0.05, 0.1) is 20.3 Å². The van der Waals surface area contributed by atoms with Gasteiger partial charge in [0, 0.05) is 38.8 Å². The molecule has 6 heteroatoms. The molecule has 0 spiro atoms. The first-order chi connectivity index (χ1) is 10.8. The zero-order chi connectivity index (χ0) is 14.9. The fraction of sp³-hybridized carbons (Fsp3) is 0.625. The SMILES string of the molecule is COc1cc(CN2CC(N3CCOCC3)C2)cc2c1OCO2. The summed E-state index contributed by atoms with van der Waals surface area (Å²) in [7, 11) is 1.67. The Morgan fingerprint density at radius 2 is 2.00 bits per heavy atom. The third-order valence-electron chi connectivity index (χ3n) is 4.62. The monoisotopic (exact) mass is 306 g/mol. The van der Waals surface area contributed by atoms with Gasteiger partial charge in [0.15, 0.2) is 11.5 Å². The maximum atomic E-state index is 5.49. The highest BCUT2D eigenvalue weighted by molar-refractivity contribution is 5.55. The Bertz CT molecular complexity index is 539. The Kier molecular flexibility index (Phi) is 3.82. The van der Waals surface area contributed by atoms with Crippen LogP contribution >= 0.6 is 0 Å². The normalized spacial score (nSPS) is 22.6. The summed E-state index contributed by atoms with van der Waals surface area (Å²) in [6.07, 6.45) is 0. The molecular weight excluding hydrogens is 284 g/mol. The van der Waals surface area contributed by atoms with Crippen molar-refractivity contribution < 1.29 is 18.9 Å². The highest BCUT2D eigenvalue weighted by Crippen LogP contribution is 2.42. The average Bonchev–Trinajstić information content (AvgIpc) is 2.99. The van der Waals surface area contributed by atoms with Gasteiger partial charge in [-0.15, -0.1) is 0 Å². The number of benzene rings is 1. The molecule has 0 aromatic heterocycles. The Morgan fingerprint density at radius 1 is 1.18 bits per heavy atom. The molecule has 1 aromatic carbocycles. The summed E-state index contributed by atoms with van der Waals surface area (Å²) < 4.78 is 21.7. The van der Waals surface area contributed by atoms with Crippen LogP contribution in [0.15, 0.2) is 12.1 Å². The lowest BCUT2D eigenvalue weighted by molar-refractivity contribution is -0.0344. The van der Waals surface area contributed by atoms with Gasteiger partial charge in [0.1, 0.15) is 0 Å². The summed E-state index contributed by atoms with van der Waals surface area (Å²) in [6, 6.07) is 4.79. The summed E-state index contributed by atoms with van der Waals surface area (Å²) in [5.74, 6) is 2.27. The molecule has 0 saturated carbocycles. The van der Waals surface area contributed by atoms with E-state index >= 15 is 0 Å². The smallest absolute Gasteiger partial charge is 0.231 e. The Hall–Kier alpha value is -1.50. The number of likely N-dealkylation sites (tertiary alicyclic amines) is 1. The van der Waals surface area contributed by atoms with Crippen LogP contribution in [-0.4, -0.2) is 69.1 Å². The summed E-state index contributed by atoms with van der Waals surface area (Å²) in [5.41, 5.74) is 1.21. The van der Waals surface area contributed by atoms with Crippen LogP contribution in [0.3, 0.4) is 0 Å². The van der Waals surface area contributed by atoms with Gasteiger partial charge in [-0.25, -0.2) is 0 Å². The van der Waals surface area contributed by atoms with Crippen LogP contribution in [0.1, 0.15) is 5.56 Å². The molecule has 0 radical (unpaired) electrons. The Morgan fingerprint density at radius 3 is 2.77 bits per heavy atom. The van der Waals surface area contributed by atoms with Crippen molar-refractivity contribution in [3.8, 4) is 17.2 Å². The lowest BCUT2D eigenvalue weighted by Crippen LogP contribution is -2.60. The highest BCUT2D eigenvalue weighted by atomic mass is 16.7. The maximum absolute atomic E-state index is 5.49. The molecular formula is C16H22N2O4. The number of morpholine rings is 1. The minimum Gasteiger partial charge on any atom is -0.493 e. The van der Waals surface area contributed by atoms with Crippen LogP contribution in [0.4, 0.5) is 0 Å². The van der Waals surface area contributed by atoms with E-state index in [-0.39, 0.29) is 6.79 Å². The van der Waals surface area contributed by atoms with E-state index in [9.17, 15) is 0 Å². The zero-order valence-electron chi connectivity index (χ0n) is 12.9. The molecule has 2 saturated heterocycles. The van der Waals surface area contributed by atoms with Gasteiger partial charge >= 0.3 is 0 Å². The average molecular weight is 306 g/mol. The molecule has 4 rings (SSSR count). The van der Waals surface area contributed by atoms with E-state index in [2.05, 4.69) is 21.9 Å². The van der Waals surface area contributed by atoms with Crippen molar-refractivity contribution in [1.82, 2.24) is 9.80 Å². The van der Waals surface area contributed by atoms with Crippen LogP contribution in [0.2, 0.25) is 0 Å². The topological polar surface area (TPSA) is 43.4 Å². The predicted molar refractivity (Wildman–Crippen MR) is 80.6 cm³/mol. The second-order valence-electron chi connectivity index (χ2n) is 6.03. The molecule has 2 fully saturated rings. The van der Waals surface area contributed by atoms with E-state index in [0.29, 0.717) is 6.04 Å². The molecule has 0 amide bonds. The molecule has 22 heavy (non-hydrogen) atoms. The molecule has 0 aliphatic carbocycles. The van der Waals surface area contributed by atoms with Crippen LogP contribution < -0.4 is 14.2 Å². The molecule has 3 heterocycles. The first-order valence-corrected chi connectivity index (χ1v) is 7.84. The van der Waals surface area contributed by atoms with Crippen molar-refractivity contribution in [2.75, 3.05) is 53.3 Å². The quantitative estimate of drug-likeness (QED) is 0.825. The number of fused-ring (bicyclic) bond motifs is 1. The first-order valence-electron chi connectivity index (χ1n) is 7.84. The van der Waals surface area contributed by atoms with Crippen molar-refractivity contribution in [1.29, 1.82) is 0 Å². The largest absolute Gasteiger partial charge is 0.493 e. The summed E-state index contributed by atoms with van der Waals surface area (Å²) in [5, 5.41) is 0. The first kappa shape index (κ1) is 14.1. The van der Waals surface area contributed by atoms with Crippen LogP contribution in [0, 0.1) is 0 Å². The van der Waals surface area contributed by atoms with Gasteiger partial charge in [-0.05, 0) is 17.7 Å². The minimum atomic E-state index is 0.276. The van der Waals surface area contributed by atoms with Crippen molar-refractivity contribution in [3.63, 3.8) is 0 Å². The van der Waals surface area contributed by atoms with E-state index in [0.717, 1.165) is 63.2 Å². The number of ether oxygens (including phenoxy) is 4. The lowest BCUT2D eigenvalue weighted by atomic mass is 10.0. The number of hydrogen-bond acceptors (Lipinski definition) is 6. The molecule has 6 nitrogen and oxygen atoms in total. The molecule has 0 bridgehead atoms. The molecule has 120 valence electrons. The number of nitrogens with zero attached hydrogens (tertiary/aromatic N) is 2. The predicted octanol–water partition coefficient (Wildman–Crippen LogP) is 0.940. The van der Waals surface area contributed by atoms with Gasteiger partial charge in [-0.1, -0.05) is 0 Å². The maximum Gasteiger partial charge on any atom is 0.231 e. The standard InChI is InChI=1S/C16H22N2O4/c1-19-14-6-12(7-15-16(14)22-11-21-15)8-17-9-13(10-17)18-2-4-20-5-3-18/h6-7,13H,2-5,8-11H2,1H3. The molecule has 0 unspecified atom stereocenters. The van der Waals surface area contributed by atoms with E-state index in [1.54, 1.807) is 7.11 Å². The lowest BCUT2D eigenvalue weighted by Gasteiger charge is -2.46. The van der Waals surface area contributed by atoms with E-state index < -0.39 is 0 Å². The fourth-order valence-electron chi connectivity index (χ4n) is 3.38. The molecule has 3 aliphatic rings. The third kappa shape index (κ3) is 2.62. The number of hydrogen-bond donors (Lipinski definition) is 0. The van der Waals surface area contributed by atoms with Crippen LogP contribution in [-0.2, 0) is 11.3 Å². The molecule has 1 aromatic rings. The van der Waals surface area contributed by atoms with Crippen molar-refractivity contribution >= 4 is 0 Å². The van der Waals surface area contributed by atoms with Crippen molar-refractivity contribution in [2.45, 2.75) is 12.6 Å². The molecule has 0 atom stereocenters. The van der Waals surface area contributed by atoms with Gasteiger partial charge in [-0.2, -0.15) is 0 Å². The van der Waals surface area contributed by atoms with Crippen molar-refractivity contribution in [2.24, 2.45) is 0 Å². The molecule has 3 aliphatic heterocycles. The minimum absolute atomic E-state index is 0.276. The second-order valence-corrected chi connectivity index (χ2v) is 6.03. The Balaban J connectivity index is 1.37. The molecule has 0 N–H and O–H groups in total. The second kappa shape index (κ2) is 5.95. The van der Waals surface area contributed by atoms with Gasteiger partial charge in [-0.3, -0.25) is 9.80 Å². The number of methoxy groups -OCH3 is 1. The summed E-state index contributed by atoms with van der Waals surface area (Å²) >= 11 is 0. The van der Waals surface area contributed by atoms with Crippen LogP contribution in [0.25, 0.3) is 0 Å². The van der Waals surface area contributed by atoms with Crippen LogP contribution in [0.5, 0.6) is 17.2 Å². The number of rotatable bonds is 4. The van der Waals surface area contributed by atoms with Gasteiger partial charge < -0.3 is 18.9 Å². The van der Waals surface area contributed by atoms with Gasteiger partial charge in [0.25, 0.3) is 0 Å². The van der Waals surface area contributed by atoms with Crippen molar-refractivity contribution in [3.05, 3.63) is 17.7 Å². The Labute approximate surface area is 130 Å². The van der Waals surface area contributed by atoms with Gasteiger partial charge in [0.2, 0.25) is 12.5 Å². The summed E-state index contributed by atoms with van der Waals surface area (Å²) in [6.45, 7) is 7.32. The fourth-order valence-corrected chi connectivity index (χ4v) is 3.38. The van der Waals surface area contributed by atoms with E-state index in [4.69, 9.17) is 18.9 Å². The van der Waals surface area contributed by atoms with E-state index in [1.807, 2.05) is 0 Å². The summed E-state index contributed by atoms with van der Waals surface area (Å²) in [4.78, 5) is 5.00. The van der Waals surface area contributed by atoms with E-state index in [1.165, 1.54) is 5.56 Å². The zero-order valence-corrected chi connectivity index (χ0v) is 12.9. The highest BCUT2D eigenvalue weighted by Gasteiger charge is 2.32. The third-order valence-corrected chi connectivity index (χ3v) is 4.62.